The summed E-state index contributed by atoms with van der Waals surface area (Å²) in [6, 6.07) is 7.30. The molecule has 1 aliphatic rings. The van der Waals surface area contributed by atoms with Crippen LogP contribution in [0.1, 0.15) is 15.9 Å². The number of carbonyl (C=O) groups is 1. The molecule has 4 nitrogen and oxygen atoms in total. The average molecular weight is 352 g/mol. The molecule has 1 unspecified atom stereocenters. The lowest BCUT2D eigenvalue weighted by Crippen LogP contribution is -2.58. The first-order valence-electron chi connectivity index (χ1n) is 6.64. The lowest BCUT2D eigenvalue weighted by molar-refractivity contribution is 0.00995. The first kappa shape index (κ1) is 16.8. The minimum Gasteiger partial charge on any atom is -0.379 e. The van der Waals surface area contributed by atoms with E-state index in [2.05, 4.69) is 5.32 Å². The summed E-state index contributed by atoms with van der Waals surface area (Å²) in [5, 5.41) is 2.82. The Morgan fingerprint density at radius 3 is 2.48 bits per heavy atom. The fourth-order valence-electron chi connectivity index (χ4n) is 2.25. The van der Waals surface area contributed by atoms with Crippen LogP contribution in [-0.2, 0) is 4.74 Å². The van der Waals surface area contributed by atoms with Gasteiger partial charge in [-0.05, 0) is 18.6 Å². The Bertz CT molecular complexity index is 499. The molecule has 1 heterocycles. The number of aryl methyl sites for hydroxylation is 1. The zero-order chi connectivity index (χ0) is 15.5. The molecule has 0 aliphatic carbocycles. The van der Waals surface area contributed by atoms with Crippen LogP contribution in [0.15, 0.2) is 24.3 Å². The van der Waals surface area contributed by atoms with Crippen LogP contribution in [0.2, 0.25) is 0 Å². The number of morpholine rings is 1. The van der Waals surface area contributed by atoms with Crippen LogP contribution in [0.25, 0.3) is 0 Å². The number of amides is 1. The van der Waals surface area contributed by atoms with E-state index in [-0.39, 0.29) is 5.91 Å². The zero-order valence-corrected chi connectivity index (χ0v) is 13.9. The Kier molecular flexibility index (Phi) is 5.74. The molecule has 116 valence electrons. The largest absolute Gasteiger partial charge is 0.379 e. The highest BCUT2D eigenvalue weighted by Crippen LogP contribution is 2.32. The third kappa shape index (κ3) is 4.47. The van der Waals surface area contributed by atoms with E-state index in [1.807, 2.05) is 24.0 Å². The average Bonchev–Trinajstić information content (AvgIpc) is 2.44. The minimum absolute atomic E-state index is 0.254. The molecular formula is C14H17Cl3N2O2. The van der Waals surface area contributed by atoms with Gasteiger partial charge in [0.25, 0.3) is 5.91 Å². The standard InChI is InChI=1S/C14H17Cl3N2O2/c1-10-4-2-3-5-11(10)12(20)18-13(14(15,16)17)19-6-8-21-9-7-19/h2-5,13H,6-9H2,1H3,(H,18,20). The molecule has 7 heteroatoms. The molecule has 0 saturated carbocycles. The fraction of sp³-hybridized carbons (Fsp3) is 0.500. The fourth-order valence-corrected chi connectivity index (χ4v) is 2.82. The second-order valence-corrected chi connectivity index (χ2v) is 7.25. The number of carbonyl (C=O) groups excluding carboxylic acids is 1. The molecule has 1 aromatic rings. The van der Waals surface area contributed by atoms with Crippen LogP contribution in [0.4, 0.5) is 0 Å². The highest BCUT2D eigenvalue weighted by Gasteiger charge is 2.39. The molecule has 0 aromatic heterocycles. The number of ether oxygens (including phenoxy) is 1. The number of halogens is 3. The van der Waals surface area contributed by atoms with Crippen molar-refractivity contribution in [2.75, 3.05) is 26.3 Å². The number of nitrogens with zero attached hydrogens (tertiary/aromatic N) is 1. The lowest BCUT2D eigenvalue weighted by atomic mass is 10.1. The molecule has 1 saturated heterocycles. The van der Waals surface area contributed by atoms with Crippen LogP contribution in [0.3, 0.4) is 0 Å². The summed E-state index contributed by atoms with van der Waals surface area (Å²) in [5.41, 5.74) is 1.45. The van der Waals surface area contributed by atoms with Gasteiger partial charge in [-0.3, -0.25) is 9.69 Å². The highest BCUT2D eigenvalue weighted by molar-refractivity contribution is 6.68. The maximum atomic E-state index is 12.4. The van der Waals surface area contributed by atoms with E-state index in [0.717, 1.165) is 5.56 Å². The van der Waals surface area contributed by atoms with Crippen molar-refractivity contribution in [2.24, 2.45) is 0 Å². The third-order valence-corrected chi connectivity index (χ3v) is 4.00. The van der Waals surface area contributed by atoms with E-state index in [4.69, 9.17) is 39.5 Å². The molecule has 1 aromatic carbocycles. The SMILES string of the molecule is Cc1ccccc1C(=O)NC(N1CCOCC1)C(Cl)(Cl)Cl. The van der Waals surface area contributed by atoms with Gasteiger partial charge in [0, 0.05) is 18.7 Å². The second-order valence-electron chi connectivity index (χ2n) is 4.88. The molecule has 2 rings (SSSR count). The highest BCUT2D eigenvalue weighted by atomic mass is 35.6. The molecule has 1 atom stereocenters. The lowest BCUT2D eigenvalue weighted by Gasteiger charge is -2.38. The monoisotopic (exact) mass is 350 g/mol. The molecular weight excluding hydrogens is 335 g/mol. The molecule has 0 bridgehead atoms. The van der Waals surface area contributed by atoms with Gasteiger partial charge in [-0.1, -0.05) is 53.0 Å². The van der Waals surface area contributed by atoms with Gasteiger partial charge < -0.3 is 10.1 Å². The molecule has 0 spiro atoms. The third-order valence-electron chi connectivity index (χ3n) is 3.38. The summed E-state index contributed by atoms with van der Waals surface area (Å²) >= 11 is 18.1. The predicted octanol–water partition coefficient (Wildman–Crippen LogP) is 2.75. The Hall–Kier alpha value is -0.520. The van der Waals surface area contributed by atoms with Crippen molar-refractivity contribution in [3.05, 3.63) is 35.4 Å². The van der Waals surface area contributed by atoms with Crippen molar-refractivity contribution in [3.63, 3.8) is 0 Å². The van der Waals surface area contributed by atoms with Crippen LogP contribution in [-0.4, -0.2) is 47.1 Å². The van der Waals surface area contributed by atoms with Crippen LogP contribution < -0.4 is 5.32 Å². The second kappa shape index (κ2) is 7.16. The van der Waals surface area contributed by atoms with Crippen molar-refractivity contribution in [3.8, 4) is 0 Å². The van der Waals surface area contributed by atoms with Gasteiger partial charge in [-0.15, -0.1) is 0 Å². The van der Waals surface area contributed by atoms with Gasteiger partial charge in [-0.2, -0.15) is 0 Å². The summed E-state index contributed by atoms with van der Waals surface area (Å²) in [5.74, 6) is -0.254. The first-order chi connectivity index (χ1) is 9.89. The maximum Gasteiger partial charge on any atom is 0.252 e. The van der Waals surface area contributed by atoms with E-state index in [1.165, 1.54) is 0 Å². The molecule has 1 N–H and O–H groups in total. The van der Waals surface area contributed by atoms with E-state index < -0.39 is 9.96 Å². The van der Waals surface area contributed by atoms with Gasteiger partial charge in [0.1, 0.15) is 6.17 Å². The quantitative estimate of drug-likeness (QED) is 0.852. The van der Waals surface area contributed by atoms with E-state index in [1.54, 1.807) is 12.1 Å². The molecule has 0 radical (unpaired) electrons. The van der Waals surface area contributed by atoms with Gasteiger partial charge in [0.2, 0.25) is 3.79 Å². The Morgan fingerprint density at radius 2 is 1.90 bits per heavy atom. The Balaban J connectivity index is 2.15. The van der Waals surface area contributed by atoms with Crippen LogP contribution in [0, 0.1) is 6.92 Å². The molecule has 21 heavy (non-hydrogen) atoms. The van der Waals surface area contributed by atoms with E-state index in [9.17, 15) is 4.79 Å². The normalized spacial score (nSPS) is 18.3. The summed E-state index contributed by atoms with van der Waals surface area (Å²) in [7, 11) is 0. The van der Waals surface area contributed by atoms with Gasteiger partial charge in [0.05, 0.1) is 13.2 Å². The maximum absolute atomic E-state index is 12.4. The van der Waals surface area contributed by atoms with Crippen LogP contribution >= 0.6 is 34.8 Å². The van der Waals surface area contributed by atoms with Crippen molar-refractivity contribution in [2.45, 2.75) is 16.9 Å². The van der Waals surface area contributed by atoms with E-state index >= 15 is 0 Å². The first-order valence-corrected chi connectivity index (χ1v) is 7.78. The number of alkyl halides is 3. The molecule has 1 aliphatic heterocycles. The topological polar surface area (TPSA) is 41.6 Å². The summed E-state index contributed by atoms with van der Waals surface area (Å²) < 4.78 is 3.67. The Morgan fingerprint density at radius 1 is 1.29 bits per heavy atom. The van der Waals surface area contributed by atoms with E-state index in [0.29, 0.717) is 31.9 Å². The zero-order valence-electron chi connectivity index (χ0n) is 11.6. The van der Waals surface area contributed by atoms with Gasteiger partial charge >= 0.3 is 0 Å². The Labute approximate surface area is 139 Å². The van der Waals surface area contributed by atoms with Gasteiger partial charge in [0.15, 0.2) is 0 Å². The number of benzene rings is 1. The van der Waals surface area contributed by atoms with Crippen molar-refractivity contribution in [1.82, 2.24) is 10.2 Å². The van der Waals surface area contributed by atoms with Crippen molar-refractivity contribution in [1.29, 1.82) is 0 Å². The molecule has 1 amide bonds. The van der Waals surface area contributed by atoms with Crippen molar-refractivity contribution >= 4 is 40.7 Å². The molecule has 1 fully saturated rings. The number of nitrogens with one attached hydrogen (secondary N) is 1. The van der Waals surface area contributed by atoms with Crippen LogP contribution in [0.5, 0.6) is 0 Å². The number of rotatable bonds is 3. The predicted molar refractivity (Wildman–Crippen MR) is 85.1 cm³/mol. The summed E-state index contributed by atoms with van der Waals surface area (Å²) in [4.78, 5) is 14.3. The number of hydrogen-bond donors (Lipinski definition) is 1. The minimum atomic E-state index is -1.62. The van der Waals surface area contributed by atoms with Crippen molar-refractivity contribution < 1.29 is 9.53 Å². The smallest absolute Gasteiger partial charge is 0.252 e. The summed E-state index contributed by atoms with van der Waals surface area (Å²) in [6.07, 6.45) is -0.696. The summed E-state index contributed by atoms with van der Waals surface area (Å²) in [6.45, 7) is 4.18. The number of hydrogen-bond acceptors (Lipinski definition) is 3. The van der Waals surface area contributed by atoms with Gasteiger partial charge in [-0.25, -0.2) is 0 Å².